The molecule has 3 aromatic carbocycles. The number of para-hydroxylation sites is 1. The molecular weight excluding hydrogens is 430 g/mol. The number of rotatable bonds is 11. The fourth-order valence-electron chi connectivity index (χ4n) is 4.09. The van der Waals surface area contributed by atoms with E-state index in [4.69, 9.17) is 14.2 Å². The van der Waals surface area contributed by atoms with Crippen LogP contribution in [0.2, 0.25) is 0 Å². The standard InChI is InChI=1S/C28H35NO5/c1-19(24-11-8-12-25(26(24)32-4)27(31)33-5)34-18-23(30)17-29-28(2,3)16-20-13-14-21-9-6-7-10-22(21)15-20/h6-15,19,23,29-30H,16-18H2,1-5H3. The van der Waals surface area contributed by atoms with Gasteiger partial charge < -0.3 is 24.6 Å². The van der Waals surface area contributed by atoms with E-state index >= 15 is 0 Å². The van der Waals surface area contributed by atoms with Crippen LogP contribution in [-0.4, -0.2) is 50.1 Å². The first kappa shape index (κ1) is 25.7. The molecule has 2 N–H and O–H groups in total. The summed E-state index contributed by atoms with van der Waals surface area (Å²) in [6, 6.07) is 20.1. The molecule has 0 fully saturated rings. The molecule has 0 heterocycles. The van der Waals surface area contributed by atoms with Crippen LogP contribution in [0, 0.1) is 0 Å². The molecule has 3 rings (SSSR count). The summed E-state index contributed by atoms with van der Waals surface area (Å²) in [5.74, 6) is -0.0465. The van der Waals surface area contributed by atoms with Gasteiger partial charge in [-0.1, -0.05) is 54.6 Å². The van der Waals surface area contributed by atoms with Crippen LogP contribution in [0.15, 0.2) is 60.7 Å². The number of benzene rings is 3. The van der Waals surface area contributed by atoms with E-state index in [-0.39, 0.29) is 18.2 Å². The highest BCUT2D eigenvalue weighted by atomic mass is 16.5. The zero-order valence-electron chi connectivity index (χ0n) is 20.6. The lowest BCUT2D eigenvalue weighted by Gasteiger charge is -2.28. The van der Waals surface area contributed by atoms with Crippen LogP contribution >= 0.6 is 0 Å². The molecule has 0 bridgehead atoms. The number of β-amino-alcohol motifs (C(OH)–C–C–N with tert-alkyl or cyclic N) is 1. The van der Waals surface area contributed by atoms with E-state index in [1.165, 1.54) is 30.6 Å². The number of nitrogens with one attached hydrogen (secondary N) is 1. The van der Waals surface area contributed by atoms with Crippen molar-refractivity contribution >= 4 is 16.7 Å². The van der Waals surface area contributed by atoms with Crippen molar-refractivity contribution in [2.24, 2.45) is 0 Å². The van der Waals surface area contributed by atoms with Gasteiger partial charge in [-0.3, -0.25) is 0 Å². The van der Waals surface area contributed by atoms with Crippen LogP contribution in [-0.2, 0) is 15.9 Å². The highest BCUT2D eigenvalue weighted by Gasteiger charge is 2.22. The van der Waals surface area contributed by atoms with E-state index in [0.29, 0.717) is 17.9 Å². The van der Waals surface area contributed by atoms with Gasteiger partial charge in [0.15, 0.2) is 0 Å². The third-order valence-electron chi connectivity index (χ3n) is 5.91. The number of esters is 1. The van der Waals surface area contributed by atoms with Crippen LogP contribution in [0.1, 0.15) is 48.4 Å². The maximum Gasteiger partial charge on any atom is 0.341 e. The summed E-state index contributed by atoms with van der Waals surface area (Å²) in [5.41, 5.74) is 2.11. The Morgan fingerprint density at radius 1 is 1.03 bits per heavy atom. The molecule has 0 aliphatic rings. The average Bonchev–Trinajstić information content (AvgIpc) is 2.84. The molecule has 0 aliphatic carbocycles. The van der Waals surface area contributed by atoms with Crippen molar-refractivity contribution in [3.8, 4) is 5.75 Å². The summed E-state index contributed by atoms with van der Waals surface area (Å²) in [5, 5.41) is 16.4. The molecule has 0 saturated carbocycles. The molecule has 0 amide bonds. The van der Waals surface area contributed by atoms with E-state index in [0.717, 1.165) is 12.0 Å². The van der Waals surface area contributed by atoms with Gasteiger partial charge in [0.05, 0.1) is 33.0 Å². The second kappa shape index (κ2) is 11.5. The highest BCUT2D eigenvalue weighted by molar-refractivity contribution is 5.93. The number of aliphatic hydroxyl groups excluding tert-OH is 1. The predicted octanol–water partition coefficient (Wildman–Crippen LogP) is 4.68. The smallest absolute Gasteiger partial charge is 0.341 e. The molecule has 3 aromatic rings. The topological polar surface area (TPSA) is 77.0 Å². The minimum atomic E-state index is -0.687. The first-order valence-corrected chi connectivity index (χ1v) is 11.5. The summed E-state index contributed by atoms with van der Waals surface area (Å²) in [4.78, 5) is 12.0. The SMILES string of the molecule is COC(=O)c1cccc(C(C)OCC(O)CNC(C)(C)Cc2ccc3ccccc3c2)c1OC. The zero-order chi connectivity index (χ0) is 24.7. The Bertz CT molecular complexity index is 1110. The summed E-state index contributed by atoms with van der Waals surface area (Å²) < 4.78 is 16.2. The fourth-order valence-corrected chi connectivity index (χ4v) is 4.09. The number of hydrogen-bond donors (Lipinski definition) is 2. The lowest BCUT2D eigenvalue weighted by molar-refractivity contribution is -0.00501. The van der Waals surface area contributed by atoms with Gasteiger partial charge in [0, 0.05) is 17.6 Å². The number of ether oxygens (including phenoxy) is 3. The van der Waals surface area contributed by atoms with E-state index < -0.39 is 12.1 Å². The lowest BCUT2D eigenvalue weighted by atomic mass is 9.93. The Hall–Kier alpha value is -2.93. The summed E-state index contributed by atoms with van der Waals surface area (Å²) in [6.45, 7) is 6.66. The van der Waals surface area contributed by atoms with Crippen LogP contribution in [0.4, 0.5) is 0 Å². The van der Waals surface area contributed by atoms with Crippen molar-refractivity contribution in [3.63, 3.8) is 0 Å². The van der Waals surface area contributed by atoms with Gasteiger partial charge in [0.2, 0.25) is 0 Å². The Morgan fingerprint density at radius 3 is 2.47 bits per heavy atom. The maximum absolute atomic E-state index is 12.0. The largest absolute Gasteiger partial charge is 0.495 e. The third kappa shape index (κ3) is 6.56. The van der Waals surface area contributed by atoms with E-state index in [1.807, 2.05) is 25.1 Å². The third-order valence-corrected chi connectivity index (χ3v) is 5.91. The van der Waals surface area contributed by atoms with Gasteiger partial charge in [0.1, 0.15) is 11.3 Å². The lowest BCUT2D eigenvalue weighted by Crippen LogP contribution is -2.46. The predicted molar refractivity (Wildman–Crippen MR) is 134 cm³/mol. The number of carbonyl (C=O) groups excluding carboxylic acids is 1. The molecule has 0 radical (unpaired) electrons. The minimum absolute atomic E-state index is 0.145. The number of fused-ring (bicyclic) bond motifs is 1. The quantitative estimate of drug-likeness (QED) is 0.400. The molecule has 6 heteroatoms. The number of aliphatic hydroxyl groups is 1. The summed E-state index contributed by atoms with van der Waals surface area (Å²) >= 11 is 0. The highest BCUT2D eigenvalue weighted by Crippen LogP contribution is 2.31. The second-order valence-corrected chi connectivity index (χ2v) is 9.17. The Kier molecular flexibility index (Phi) is 8.67. The van der Waals surface area contributed by atoms with Crippen LogP contribution in [0.3, 0.4) is 0 Å². The summed E-state index contributed by atoms with van der Waals surface area (Å²) in [7, 11) is 2.84. The first-order chi connectivity index (χ1) is 16.2. The van der Waals surface area contributed by atoms with Crippen LogP contribution < -0.4 is 10.1 Å². The van der Waals surface area contributed by atoms with E-state index in [9.17, 15) is 9.90 Å². The molecule has 2 atom stereocenters. The first-order valence-electron chi connectivity index (χ1n) is 11.5. The molecule has 0 saturated heterocycles. The molecule has 182 valence electrons. The summed E-state index contributed by atoms with van der Waals surface area (Å²) in [6.07, 6.45) is -0.229. The van der Waals surface area contributed by atoms with Crippen LogP contribution in [0.5, 0.6) is 5.75 Å². The number of hydrogen-bond acceptors (Lipinski definition) is 6. The van der Waals surface area contributed by atoms with Crippen molar-refractivity contribution in [2.45, 2.75) is 44.9 Å². The fraction of sp³-hybridized carbons (Fsp3) is 0.393. The molecular formula is C28H35NO5. The van der Waals surface area contributed by atoms with Crippen molar-refractivity contribution in [3.05, 3.63) is 77.4 Å². The van der Waals surface area contributed by atoms with Gasteiger partial charge in [0.25, 0.3) is 0 Å². The Labute approximate surface area is 201 Å². The van der Waals surface area contributed by atoms with Crippen molar-refractivity contribution in [1.82, 2.24) is 5.32 Å². The van der Waals surface area contributed by atoms with Crippen molar-refractivity contribution < 1.29 is 24.1 Å². The molecule has 0 spiro atoms. The second-order valence-electron chi connectivity index (χ2n) is 9.17. The van der Waals surface area contributed by atoms with E-state index in [1.54, 1.807) is 12.1 Å². The monoisotopic (exact) mass is 465 g/mol. The Balaban J connectivity index is 1.54. The van der Waals surface area contributed by atoms with Gasteiger partial charge in [-0.15, -0.1) is 0 Å². The average molecular weight is 466 g/mol. The normalized spacial score (nSPS) is 13.5. The number of methoxy groups -OCH3 is 2. The maximum atomic E-state index is 12.0. The number of carbonyl (C=O) groups is 1. The minimum Gasteiger partial charge on any atom is -0.495 e. The van der Waals surface area contributed by atoms with Gasteiger partial charge in [-0.25, -0.2) is 4.79 Å². The zero-order valence-corrected chi connectivity index (χ0v) is 20.6. The van der Waals surface area contributed by atoms with Crippen molar-refractivity contribution in [2.75, 3.05) is 27.4 Å². The molecule has 0 aromatic heterocycles. The van der Waals surface area contributed by atoms with Crippen molar-refractivity contribution in [1.29, 1.82) is 0 Å². The Morgan fingerprint density at radius 2 is 1.76 bits per heavy atom. The van der Waals surface area contributed by atoms with Gasteiger partial charge in [-0.2, -0.15) is 0 Å². The molecule has 0 aliphatic heterocycles. The molecule has 2 unspecified atom stereocenters. The van der Waals surface area contributed by atoms with Gasteiger partial charge in [-0.05, 0) is 49.6 Å². The van der Waals surface area contributed by atoms with E-state index in [2.05, 4.69) is 49.5 Å². The van der Waals surface area contributed by atoms with Crippen LogP contribution in [0.25, 0.3) is 10.8 Å². The molecule has 34 heavy (non-hydrogen) atoms. The van der Waals surface area contributed by atoms with Gasteiger partial charge >= 0.3 is 5.97 Å². The molecule has 6 nitrogen and oxygen atoms in total.